The first-order valence-electron chi connectivity index (χ1n) is 7.82. The van der Waals surface area contributed by atoms with Crippen LogP contribution in [-0.2, 0) is 16.0 Å². The third kappa shape index (κ3) is 4.84. The second kappa shape index (κ2) is 8.72. The molecule has 5 heteroatoms. The molecule has 24 heavy (non-hydrogen) atoms. The van der Waals surface area contributed by atoms with E-state index >= 15 is 0 Å². The lowest BCUT2D eigenvalue weighted by molar-refractivity contribution is -0.127. The quantitative estimate of drug-likeness (QED) is 0.795. The monoisotopic (exact) mass is 326 g/mol. The van der Waals surface area contributed by atoms with Crippen LogP contribution in [0.5, 0.6) is 5.75 Å². The van der Waals surface area contributed by atoms with Gasteiger partial charge in [-0.2, -0.15) is 0 Å². The first-order valence-corrected chi connectivity index (χ1v) is 7.82. The van der Waals surface area contributed by atoms with Crippen LogP contribution in [0.4, 0.5) is 5.69 Å². The first-order chi connectivity index (χ1) is 11.6. The Kier molecular flexibility index (Phi) is 6.37. The van der Waals surface area contributed by atoms with E-state index in [1.807, 2.05) is 54.6 Å². The Balaban J connectivity index is 1.80. The van der Waals surface area contributed by atoms with Gasteiger partial charge < -0.3 is 15.0 Å². The summed E-state index contributed by atoms with van der Waals surface area (Å²) in [4.78, 5) is 25.6. The summed E-state index contributed by atoms with van der Waals surface area (Å²) >= 11 is 0. The van der Waals surface area contributed by atoms with Gasteiger partial charge in [0.05, 0.1) is 7.11 Å². The molecule has 0 aromatic heterocycles. The fourth-order valence-corrected chi connectivity index (χ4v) is 2.36. The molecule has 0 spiro atoms. The molecule has 126 valence electrons. The maximum Gasteiger partial charge on any atom is 0.236 e. The van der Waals surface area contributed by atoms with Crippen molar-refractivity contribution < 1.29 is 14.3 Å². The highest BCUT2D eigenvalue weighted by molar-refractivity contribution is 6.04. The molecule has 0 aliphatic carbocycles. The molecule has 0 fully saturated rings. The Morgan fingerprint density at radius 3 is 2.42 bits per heavy atom. The van der Waals surface area contributed by atoms with Crippen molar-refractivity contribution in [2.45, 2.75) is 12.8 Å². The molecule has 0 saturated carbocycles. The van der Waals surface area contributed by atoms with Gasteiger partial charge in [-0.1, -0.05) is 36.4 Å². The Morgan fingerprint density at radius 1 is 1.04 bits per heavy atom. The van der Waals surface area contributed by atoms with Crippen LogP contribution in [0.1, 0.15) is 12.0 Å². The molecule has 0 aliphatic heterocycles. The number of carbonyl (C=O) groups is 2. The summed E-state index contributed by atoms with van der Waals surface area (Å²) in [6, 6.07) is 16.9. The molecule has 1 N–H and O–H groups in total. The van der Waals surface area contributed by atoms with Gasteiger partial charge in [-0.3, -0.25) is 9.59 Å². The molecule has 0 saturated heterocycles. The number of nitrogens with one attached hydrogen (secondary N) is 1. The third-order valence-corrected chi connectivity index (χ3v) is 3.74. The normalized spacial score (nSPS) is 10.1. The number of amides is 2. The van der Waals surface area contributed by atoms with Crippen molar-refractivity contribution in [2.75, 3.05) is 25.6 Å². The lowest BCUT2D eigenvalue weighted by Gasteiger charge is -2.17. The molecule has 2 aromatic carbocycles. The predicted molar refractivity (Wildman–Crippen MR) is 94.2 cm³/mol. The molecule has 2 aromatic rings. The molecule has 2 amide bonds. The Bertz CT molecular complexity index is 686. The molecule has 0 aliphatic rings. The van der Waals surface area contributed by atoms with Gasteiger partial charge in [-0.05, 0) is 30.2 Å². The summed E-state index contributed by atoms with van der Waals surface area (Å²) < 4.78 is 5.27. The molecular formula is C19H22N2O3. The molecule has 0 atom stereocenters. The molecule has 2 rings (SSSR count). The van der Waals surface area contributed by atoms with Crippen molar-refractivity contribution in [2.24, 2.45) is 0 Å². The number of ether oxygens (including phenoxy) is 1. The molecule has 0 unspecified atom stereocenters. The number of benzene rings is 2. The number of hydrogen-bond acceptors (Lipinski definition) is 3. The van der Waals surface area contributed by atoms with E-state index in [9.17, 15) is 9.59 Å². The third-order valence-electron chi connectivity index (χ3n) is 3.74. The van der Waals surface area contributed by atoms with Gasteiger partial charge in [0.2, 0.25) is 11.8 Å². The summed E-state index contributed by atoms with van der Waals surface area (Å²) in [5, 5.41) is 2.78. The molecule has 0 bridgehead atoms. The van der Waals surface area contributed by atoms with Gasteiger partial charge in [0, 0.05) is 19.3 Å². The van der Waals surface area contributed by atoms with Crippen molar-refractivity contribution in [1.29, 1.82) is 0 Å². The standard InChI is InChI=1S/C19H22N2O3/c1-21(16-9-4-3-5-10-16)19(23)14-18(22)20-13-12-15-8-6-7-11-17(15)24-2/h3-11H,12-14H2,1-2H3,(H,20,22). The van der Waals surface area contributed by atoms with Crippen LogP contribution in [0.2, 0.25) is 0 Å². The second-order valence-corrected chi connectivity index (χ2v) is 5.38. The van der Waals surface area contributed by atoms with Crippen LogP contribution in [0.25, 0.3) is 0 Å². The zero-order valence-corrected chi connectivity index (χ0v) is 14.0. The van der Waals surface area contributed by atoms with E-state index in [0.29, 0.717) is 13.0 Å². The smallest absolute Gasteiger partial charge is 0.236 e. The van der Waals surface area contributed by atoms with Crippen molar-refractivity contribution in [3.8, 4) is 5.75 Å². The molecular weight excluding hydrogens is 304 g/mol. The minimum absolute atomic E-state index is 0.169. The maximum atomic E-state index is 12.1. The van der Waals surface area contributed by atoms with Crippen LogP contribution in [0, 0.1) is 0 Å². The highest BCUT2D eigenvalue weighted by Gasteiger charge is 2.15. The lowest BCUT2D eigenvalue weighted by atomic mass is 10.1. The lowest BCUT2D eigenvalue weighted by Crippen LogP contribution is -2.34. The minimum atomic E-state index is -0.280. The van der Waals surface area contributed by atoms with Crippen molar-refractivity contribution in [3.63, 3.8) is 0 Å². The number of anilines is 1. The fraction of sp³-hybridized carbons (Fsp3) is 0.263. The Hall–Kier alpha value is -2.82. The number of rotatable bonds is 7. The minimum Gasteiger partial charge on any atom is -0.496 e. The molecule has 0 radical (unpaired) electrons. The number of nitrogens with zero attached hydrogens (tertiary/aromatic N) is 1. The van der Waals surface area contributed by atoms with E-state index in [1.54, 1.807) is 14.2 Å². The van der Waals surface area contributed by atoms with Crippen LogP contribution >= 0.6 is 0 Å². The van der Waals surface area contributed by atoms with Gasteiger partial charge in [0.25, 0.3) is 0 Å². The predicted octanol–water partition coefficient (Wildman–Crippen LogP) is 2.41. The Labute approximate surface area is 142 Å². The van der Waals surface area contributed by atoms with Gasteiger partial charge in [-0.15, -0.1) is 0 Å². The van der Waals surface area contributed by atoms with Crippen LogP contribution < -0.4 is 15.0 Å². The second-order valence-electron chi connectivity index (χ2n) is 5.38. The topological polar surface area (TPSA) is 58.6 Å². The van der Waals surface area contributed by atoms with Crippen LogP contribution in [0.15, 0.2) is 54.6 Å². The first kappa shape index (κ1) is 17.5. The van der Waals surface area contributed by atoms with E-state index in [1.165, 1.54) is 4.90 Å². The van der Waals surface area contributed by atoms with Crippen molar-refractivity contribution >= 4 is 17.5 Å². The highest BCUT2D eigenvalue weighted by atomic mass is 16.5. The van der Waals surface area contributed by atoms with Gasteiger partial charge in [-0.25, -0.2) is 0 Å². The summed E-state index contributed by atoms with van der Waals surface area (Å²) in [5.41, 5.74) is 1.79. The van der Waals surface area contributed by atoms with Crippen molar-refractivity contribution in [3.05, 3.63) is 60.2 Å². The maximum absolute atomic E-state index is 12.1. The molecule has 5 nitrogen and oxygen atoms in total. The SMILES string of the molecule is COc1ccccc1CCNC(=O)CC(=O)N(C)c1ccccc1. The largest absolute Gasteiger partial charge is 0.496 e. The molecule has 0 heterocycles. The zero-order valence-electron chi connectivity index (χ0n) is 14.0. The van der Waals surface area contributed by atoms with E-state index < -0.39 is 0 Å². The van der Waals surface area contributed by atoms with E-state index in [0.717, 1.165) is 17.0 Å². The fourth-order valence-electron chi connectivity index (χ4n) is 2.36. The highest BCUT2D eigenvalue weighted by Crippen LogP contribution is 2.17. The van der Waals surface area contributed by atoms with Crippen molar-refractivity contribution in [1.82, 2.24) is 5.32 Å². The van der Waals surface area contributed by atoms with Gasteiger partial charge >= 0.3 is 0 Å². The number of methoxy groups -OCH3 is 1. The summed E-state index contributed by atoms with van der Waals surface area (Å²) in [5.74, 6) is 0.278. The summed E-state index contributed by atoms with van der Waals surface area (Å²) in [6.45, 7) is 0.460. The van der Waals surface area contributed by atoms with Gasteiger partial charge in [0.15, 0.2) is 0 Å². The number of para-hydroxylation sites is 2. The summed E-state index contributed by atoms with van der Waals surface area (Å²) in [7, 11) is 3.29. The number of carbonyl (C=O) groups excluding carboxylic acids is 2. The van der Waals surface area contributed by atoms with Crippen LogP contribution in [0.3, 0.4) is 0 Å². The van der Waals surface area contributed by atoms with E-state index in [-0.39, 0.29) is 18.2 Å². The number of hydrogen-bond donors (Lipinski definition) is 1. The van der Waals surface area contributed by atoms with Crippen LogP contribution in [-0.4, -0.2) is 32.5 Å². The van der Waals surface area contributed by atoms with E-state index in [2.05, 4.69) is 5.32 Å². The Morgan fingerprint density at radius 2 is 1.71 bits per heavy atom. The summed E-state index contributed by atoms with van der Waals surface area (Å²) in [6.07, 6.45) is 0.482. The van der Waals surface area contributed by atoms with E-state index in [4.69, 9.17) is 4.74 Å². The average Bonchev–Trinajstić information content (AvgIpc) is 2.62. The van der Waals surface area contributed by atoms with Gasteiger partial charge in [0.1, 0.15) is 12.2 Å². The average molecular weight is 326 g/mol. The zero-order chi connectivity index (χ0) is 17.4.